The van der Waals surface area contributed by atoms with Gasteiger partial charge in [-0.25, -0.2) is 10.2 Å². The summed E-state index contributed by atoms with van der Waals surface area (Å²) in [6, 6.07) is 4.23. The van der Waals surface area contributed by atoms with E-state index in [-0.39, 0.29) is 11.8 Å². The number of hydrazone groups is 1. The van der Waals surface area contributed by atoms with Crippen molar-refractivity contribution in [2.45, 2.75) is 6.92 Å². The van der Waals surface area contributed by atoms with Gasteiger partial charge in [-0.1, -0.05) is 11.6 Å². The second kappa shape index (κ2) is 4.02. The fourth-order valence-electron chi connectivity index (χ4n) is 1.46. The highest BCUT2D eigenvalue weighted by Gasteiger charge is 2.22. The van der Waals surface area contributed by atoms with Crippen LogP contribution < -0.4 is 10.3 Å². The summed E-state index contributed by atoms with van der Waals surface area (Å²) in [5.74, 6) is -0.0302. The number of aromatic hydroxyl groups is 1. The number of hydrogen-bond acceptors (Lipinski definition) is 3. The van der Waals surface area contributed by atoms with Crippen molar-refractivity contribution in [3.8, 4) is 5.75 Å². The molecule has 0 saturated carbocycles. The minimum Gasteiger partial charge on any atom is -0.506 e. The normalized spacial score (nSPS) is 15.8. The Morgan fingerprint density at radius 3 is 3.00 bits per heavy atom. The Bertz CT molecular complexity index is 473. The van der Waals surface area contributed by atoms with Crippen LogP contribution >= 0.6 is 11.6 Å². The predicted molar refractivity (Wildman–Crippen MR) is 62.1 cm³/mol. The molecule has 0 aliphatic carbocycles. The van der Waals surface area contributed by atoms with Crippen molar-refractivity contribution in [3.63, 3.8) is 0 Å². The Morgan fingerprint density at radius 1 is 1.56 bits per heavy atom. The second-order valence-electron chi connectivity index (χ2n) is 3.48. The molecule has 2 N–H and O–H groups in total. The van der Waals surface area contributed by atoms with Crippen LogP contribution in [0.2, 0.25) is 5.02 Å². The maximum atomic E-state index is 11.5. The molecule has 0 aromatic heterocycles. The molecule has 0 radical (unpaired) electrons. The number of anilines is 1. The molecule has 6 heteroatoms. The van der Waals surface area contributed by atoms with E-state index >= 15 is 0 Å². The summed E-state index contributed by atoms with van der Waals surface area (Å²) in [5.41, 5.74) is 3.52. The molecular formula is C10H10ClN3O2. The van der Waals surface area contributed by atoms with Crippen LogP contribution in [0.4, 0.5) is 10.5 Å². The summed E-state index contributed by atoms with van der Waals surface area (Å²) in [7, 11) is 0. The largest absolute Gasteiger partial charge is 0.506 e. The van der Waals surface area contributed by atoms with Gasteiger partial charge in [0, 0.05) is 11.1 Å². The van der Waals surface area contributed by atoms with Gasteiger partial charge in [0.2, 0.25) is 0 Å². The molecule has 1 aliphatic heterocycles. The third-order valence-corrected chi connectivity index (χ3v) is 2.44. The van der Waals surface area contributed by atoms with Gasteiger partial charge in [0.25, 0.3) is 0 Å². The number of carbonyl (C=O) groups excluding carboxylic acids is 1. The molecule has 0 spiro atoms. The van der Waals surface area contributed by atoms with Crippen LogP contribution in [0.5, 0.6) is 5.75 Å². The van der Waals surface area contributed by atoms with Crippen molar-refractivity contribution in [1.82, 2.24) is 5.43 Å². The van der Waals surface area contributed by atoms with Gasteiger partial charge in [-0.3, -0.25) is 4.90 Å². The molecule has 5 nitrogen and oxygen atoms in total. The molecule has 1 aromatic carbocycles. The Morgan fingerprint density at radius 2 is 2.31 bits per heavy atom. The summed E-state index contributed by atoms with van der Waals surface area (Å²) in [5, 5.41) is 13.9. The molecule has 84 valence electrons. The van der Waals surface area contributed by atoms with Crippen molar-refractivity contribution in [2.75, 3.05) is 11.4 Å². The molecule has 2 rings (SSSR count). The topological polar surface area (TPSA) is 64.9 Å². The zero-order chi connectivity index (χ0) is 11.7. The predicted octanol–water partition coefficient (Wildman–Crippen LogP) is 1.95. The number of phenolic OH excluding ortho intramolecular Hbond substituents is 1. The van der Waals surface area contributed by atoms with E-state index in [1.54, 1.807) is 19.1 Å². The van der Waals surface area contributed by atoms with Crippen molar-refractivity contribution in [1.29, 1.82) is 0 Å². The van der Waals surface area contributed by atoms with Crippen molar-refractivity contribution in [3.05, 3.63) is 23.2 Å². The van der Waals surface area contributed by atoms with E-state index in [1.165, 1.54) is 11.0 Å². The molecule has 0 bridgehead atoms. The van der Waals surface area contributed by atoms with Gasteiger partial charge < -0.3 is 5.11 Å². The first-order valence-corrected chi connectivity index (χ1v) is 5.05. The molecule has 1 aliphatic rings. The van der Waals surface area contributed by atoms with Gasteiger partial charge in [0.1, 0.15) is 5.75 Å². The van der Waals surface area contributed by atoms with Crippen LogP contribution in [-0.4, -0.2) is 23.4 Å². The molecular weight excluding hydrogens is 230 g/mol. The Hall–Kier alpha value is -1.75. The molecule has 0 atom stereocenters. The van der Waals surface area contributed by atoms with E-state index < -0.39 is 0 Å². The van der Waals surface area contributed by atoms with E-state index in [0.29, 0.717) is 17.3 Å². The fraction of sp³-hybridized carbons (Fsp3) is 0.200. The number of nitrogens with one attached hydrogen (secondary N) is 1. The minimum atomic E-state index is -0.372. The quantitative estimate of drug-likeness (QED) is 0.787. The maximum absolute atomic E-state index is 11.5. The summed E-state index contributed by atoms with van der Waals surface area (Å²) >= 11 is 5.72. The van der Waals surface area contributed by atoms with E-state index in [2.05, 4.69) is 10.5 Å². The average Bonchev–Trinajstić information content (AvgIpc) is 2.22. The van der Waals surface area contributed by atoms with Gasteiger partial charge in [0.05, 0.1) is 17.9 Å². The lowest BCUT2D eigenvalue weighted by molar-refractivity contribution is 0.246. The number of benzene rings is 1. The van der Waals surface area contributed by atoms with E-state index in [9.17, 15) is 9.90 Å². The van der Waals surface area contributed by atoms with Crippen molar-refractivity contribution < 1.29 is 9.90 Å². The molecule has 2 amide bonds. The van der Waals surface area contributed by atoms with Crippen molar-refractivity contribution in [2.24, 2.45) is 5.10 Å². The highest BCUT2D eigenvalue weighted by molar-refractivity contribution is 6.30. The van der Waals surface area contributed by atoms with Gasteiger partial charge in [-0.15, -0.1) is 0 Å². The SMILES string of the molecule is CC1=NNC(=O)N(c2ccc(Cl)cc2O)C1. The lowest BCUT2D eigenvalue weighted by Crippen LogP contribution is -2.45. The van der Waals surface area contributed by atoms with Crippen molar-refractivity contribution >= 4 is 29.0 Å². The smallest absolute Gasteiger partial charge is 0.342 e. The van der Waals surface area contributed by atoms with Crippen LogP contribution in [0.1, 0.15) is 6.92 Å². The summed E-state index contributed by atoms with van der Waals surface area (Å²) in [6.07, 6.45) is 0. The average molecular weight is 240 g/mol. The highest BCUT2D eigenvalue weighted by atomic mass is 35.5. The molecule has 1 aromatic rings. The standard InChI is InChI=1S/C10H10ClN3O2/c1-6-5-14(10(16)13-12-6)8-3-2-7(11)4-9(8)15/h2-4,15H,5H2,1H3,(H,13,16). The third kappa shape index (κ3) is 1.94. The zero-order valence-corrected chi connectivity index (χ0v) is 9.32. The van der Waals surface area contributed by atoms with Gasteiger partial charge in [0.15, 0.2) is 0 Å². The number of hydrogen-bond donors (Lipinski definition) is 2. The number of urea groups is 1. The third-order valence-electron chi connectivity index (χ3n) is 2.20. The number of amides is 2. The molecule has 1 heterocycles. The number of halogens is 1. The fourth-order valence-corrected chi connectivity index (χ4v) is 1.63. The highest BCUT2D eigenvalue weighted by Crippen LogP contribution is 2.30. The lowest BCUT2D eigenvalue weighted by atomic mass is 10.2. The van der Waals surface area contributed by atoms with Crippen LogP contribution in [0, 0.1) is 0 Å². The van der Waals surface area contributed by atoms with Crippen LogP contribution in [-0.2, 0) is 0 Å². The number of rotatable bonds is 1. The number of carbonyl (C=O) groups is 1. The van der Waals surface area contributed by atoms with Crippen LogP contribution in [0.3, 0.4) is 0 Å². The van der Waals surface area contributed by atoms with Crippen LogP contribution in [0.25, 0.3) is 0 Å². The summed E-state index contributed by atoms with van der Waals surface area (Å²) in [6.45, 7) is 2.14. The lowest BCUT2D eigenvalue weighted by Gasteiger charge is -2.26. The molecule has 0 fully saturated rings. The van der Waals surface area contributed by atoms with E-state index in [0.717, 1.165) is 5.71 Å². The first-order valence-electron chi connectivity index (χ1n) is 4.67. The monoisotopic (exact) mass is 239 g/mol. The van der Waals surface area contributed by atoms with Gasteiger partial charge in [-0.05, 0) is 19.1 Å². The molecule has 0 saturated heterocycles. The maximum Gasteiger partial charge on any atom is 0.342 e. The first-order chi connectivity index (χ1) is 7.58. The second-order valence-corrected chi connectivity index (χ2v) is 3.92. The molecule has 0 unspecified atom stereocenters. The summed E-state index contributed by atoms with van der Waals surface area (Å²) in [4.78, 5) is 12.9. The van der Waals surface area contributed by atoms with E-state index in [4.69, 9.17) is 11.6 Å². The Kier molecular flexibility index (Phi) is 2.70. The molecule has 16 heavy (non-hydrogen) atoms. The first kappa shape index (κ1) is 10.8. The van der Waals surface area contributed by atoms with E-state index in [1.807, 2.05) is 0 Å². The van der Waals surface area contributed by atoms with Crippen LogP contribution in [0.15, 0.2) is 23.3 Å². The summed E-state index contributed by atoms with van der Waals surface area (Å²) < 4.78 is 0. The minimum absolute atomic E-state index is 0.0302. The Balaban J connectivity index is 2.37. The Labute approximate surface area is 97.3 Å². The number of nitrogens with zero attached hydrogens (tertiary/aromatic N) is 2. The van der Waals surface area contributed by atoms with Gasteiger partial charge >= 0.3 is 6.03 Å². The number of phenols is 1. The zero-order valence-electron chi connectivity index (χ0n) is 8.57. The van der Waals surface area contributed by atoms with Gasteiger partial charge in [-0.2, -0.15) is 5.10 Å².